The molecule has 0 unspecified atom stereocenters. The summed E-state index contributed by atoms with van der Waals surface area (Å²) in [5, 5.41) is 7.78. The van der Waals surface area contributed by atoms with E-state index in [1.165, 1.54) is 11.8 Å². The number of fused-ring (bicyclic) bond motifs is 1. The van der Waals surface area contributed by atoms with Gasteiger partial charge in [-0.1, -0.05) is 36.0 Å². The monoisotopic (exact) mass is 493 g/mol. The van der Waals surface area contributed by atoms with Gasteiger partial charge in [0, 0.05) is 6.54 Å². The smallest absolute Gasteiger partial charge is 0.280 e. The molecule has 0 atom stereocenters. The summed E-state index contributed by atoms with van der Waals surface area (Å²) in [5.74, 6) is 1.15. The van der Waals surface area contributed by atoms with Crippen molar-refractivity contribution in [3.63, 3.8) is 0 Å². The SMILES string of the molecule is CCn1nc(C)c2nc(SCC(=O)Nc3ccccc3OC)n(Cc3ccc(OC)cc3)c(=O)c21. The van der Waals surface area contributed by atoms with Crippen LogP contribution in [0.25, 0.3) is 11.0 Å². The molecule has 1 amide bonds. The van der Waals surface area contributed by atoms with Crippen molar-refractivity contribution in [2.45, 2.75) is 32.1 Å². The summed E-state index contributed by atoms with van der Waals surface area (Å²) < 4.78 is 13.8. The van der Waals surface area contributed by atoms with Crippen molar-refractivity contribution in [2.24, 2.45) is 0 Å². The van der Waals surface area contributed by atoms with Gasteiger partial charge in [0.25, 0.3) is 5.56 Å². The summed E-state index contributed by atoms with van der Waals surface area (Å²) >= 11 is 1.21. The zero-order valence-corrected chi connectivity index (χ0v) is 20.9. The highest BCUT2D eigenvalue weighted by Gasteiger charge is 2.19. The van der Waals surface area contributed by atoms with Crippen LogP contribution >= 0.6 is 11.8 Å². The molecule has 9 nitrogen and oxygen atoms in total. The summed E-state index contributed by atoms with van der Waals surface area (Å²) in [6, 6.07) is 14.7. The normalized spacial score (nSPS) is 11.0. The maximum absolute atomic E-state index is 13.6. The lowest BCUT2D eigenvalue weighted by Gasteiger charge is -2.14. The molecule has 1 N–H and O–H groups in total. The molecule has 182 valence electrons. The van der Waals surface area contributed by atoms with E-state index in [1.807, 2.05) is 50.2 Å². The zero-order valence-electron chi connectivity index (χ0n) is 20.1. The molecule has 0 fully saturated rings. The average molecular weight is 494 g/mol. The number of nitrogens with one attached hydrogen (secondary N) is 1. The van der Waals surface area contributed by atoms with Crippen molar-refractivity contribution in [3.8, 4) is 11.5 Å². The fraction of sp³-hybridized carbons (Fsp3) is 0.280. The van der Waals surface area contributed by atoms with Crippen LogP contribution in [0.2, 0.25) is 0 Å². The Kier molecular flexibility index (Phi) is 7.40. The maximum Gasteiger partial charge on any atom is 0.280 e. The van der Waals surface area contributed by atoms with Crippen LogP contribution in [-0.4, -0.2) is 45.2 Å². The first-order valence-electron chi connectivity index (χ1n) is 11.1. The molecule has 2 aromatic heterocycles. The van der Waals surface area contributed by atoms with Crippen molar-refractivity contribution in [1.82, 2.24) is 19.3 Å². The number of para-hydroxylation sites is 2. The second-order valence-corrected chi connectivity index (χ2v) is 8.71. The Morgan fingerprint density at radius 1 is 1.09 bits per heavy atom. The summed E-state index contributed by atoms with van der Waals surface area (Å²) in [6.07, 6.45) is 0. The number of aromatic nitrogens is 4. The third-order valence-electron chi connectivity index (χ3n) is 5.49. The van der Waals surface area contributed by atoms with Crippen molar-refractivity contribution in [1.29, 1.82) is 0 Å². The van der Waals surface area contributed by atoms with Crippen LogP contribution in [0, 0.1) is 6.92 Å². The molecule has 4 aromatic rings. The summed E-state index contributed by atoms with van der Waals surface area (Å²) in [5.41, 5.74) is 2.99. The van der Waals surface area contributed by atoms with Gasteiger partial charge in [-0.05, 0) is 43.7 Å². The molecule has 35 heavy (non-hydrogen) atoms. The zero-order chi connectivity index (χ0) is 24.9. The van der Waals surface area contributed by atoms with Crippen LogP contribution < -0.4 is 20.3 Å². The fourth-order valence-corrected chi connectivity index (χ4v) is 4.54. The standard InChI is InChI=1S/C25H27N5O4S/c1-5-30-23-22(16(2)28-30)27-25(29(24(23)32)14-17-10-12-18(33-3)13-11-17)35-15-21(31)26-19-8-6-7-9-20(19)34-4/h6-13H,5,14-15H2,1-4H3,(H,26,31). The first-order valence-corrected chi connectivity index (χ1v) is 12.1. The number of anilines is 1. The topological polar surface area (TPSA) is 100 Å². The molecule has 10 heteroatoms. The molecule has 0 radical (unpaired) electrons. The minimum absolute atomic E-state index is 0.0690. The van der Waals surface area contributed by atoms with E-state index < -0.39 is 0 Å². The Morgan fingerprint density at radius 3 is 2.51 bits per heavy atom. The molecule has 0 aliphatic heterocycles. The Morgan fingerprint density at radius 2 is 1.83 bits per heavy atom. The molecule has 0 aliphatic rings. The van der Waals surface area contributed by atoms with E-state index >= 15 is 0 Å². The third kappa shape index (κ3) is 5.17. The Hall–Kier alpha value is -3.79. The van der Waals surface area contributed by atoms with E-state index in [1.54, 1.807) is 35.6 Å². The Bertz CT molecular complexity index is 1410. The number of methoxy groups -OCH3 is 2. The van der Waals surface area contributed by atoms with Gasteiger partial charge in [0.15, 0.2) is 10.7 Å². The molecule has 2 aromatic carbocycles. The predicted molar refractivity (Wildman–Crippen MR) is 137 cm³/mol. The first kappa shape index (κ1) is 24.3. The van der Waals surface area contributed by atoms with E-state index in [4.69, 9.17) is 14.5 Å². The van der Waals surface area contributed by atoms with E-state index in [-0.39, 0.29) is 17.2 Å². The van der Waals surface area contributed by atoms with Crippen LogP contribution in [0.4, 0.5) is 5.69 Å². The van der Waals surface area contributed by atoms with Gasteiger partial charge in [-0.25, -0.2) is 4.98 Å². The van der Waals surface area contributed by atoms with E-state index in [0.29, 0.717) is 46.4 Å². The van der Waals surface area contributed by atoms with Crippen LogP contribution in [0.5, 0.6) is 11.5 Å². The second-order valence-electron chi connectivity index (χ2n) is 7.77. The molecule has 0 saturated carbocycles. The number of ether oxygens (including phenoxy) is 2. The predicted octanol–water partition coefficient (Wildman–Crippen LogP) is 3.72. The second kappa shape index (κ2) is 10.6. The molecule has 0 aliphatic carbocycles. The van der Waals surface area contributed by atoms with Gasteiger partial charge in [0.2, 0.25) is 5.91 Å². The molecule has 0 saturated heterocycles. The van der Waals surface area contributed by atoms with Crippen LogP contribution in [0.15, 0.2) is 58.5 Å². The van der Waals surface area contributed by atoms with E-state index in [2.05, 4.69) is 10.4 Å². The molecule has 2 heterocycles. The van der Waals surface area contributed by atoms with Gasteiger partial charge in [0.05, 0.1) is 37.9 Å². The van der Waals surface area contributed by atoms with Crippen molar-refractivity contribution < 1.29 is 14.3 Å². The highest BCUT2D eigenvalue weighted by Crippen LogP contribution is 2.25. The molecule has 4 rings (SSSR count). The van der Waals surface area contributed by atoms with Gasteiger partial charge in [0.1, 0.15) is 17.0 Å². The molecular formula is C25H27N5O4S. The lowest BCUT2D eigenvalue weighted by atomic mass is 10.2. The number of rotatable bonds is 9. The number of hydrogen-bond acceptors (Lipinski definition) is 7. The highest BCUT2D eigenvalue weighted by molar-refractivity contribution is 7.99. The van der Waals surface area contributed by atoms with E-state index in [9.17, 15) is 9.59 Å². The van der Waals surface area contributed by atoms with Crippen molar-refractivity contribution in [2.75, 3.05) is 25.3 Å². The largest absolute Gasteiger partial charge is 0.497 e. The minimum Gasteiger partial charge on any atom is -0.497 e. The van der Waals surface area contributed by atoms with Crippen LogP contribution in [0.3, 0.4) is 0 Å². The average Bonchev–Trinajstić information content (AvgIpc) is 3.20. The number of aryl methyl sites for hydroxylation is 2. The van der Waals surface area contributed by atoms with Gasteiger partial charge >= 0.3 is 0 Å². The number of amides is 1. The van der Waals surface area contributed by atoms with Crippen molar-refractivity contribution >= 4 is 34.4 Å². The molecule has 0 spiro atoms. The van der Waals surface area contributed by atoms with Crippen LogP contribution in [-0.2, 0) is 17.9 Å². The van der Waals surface area contributed by atoms with E-state index in [0.717, 1.165) is 11.3 Å². The lowest BCUT2D eigenvalue weighted by molar-refractivity contribution is -0.113. The number of nitrogens with zero attached hydrogens (tertiary/aromatic N) is 4. The van der Waals surface area contributed by atoms with Crippen molar-refractivity contribution in [3.05, 3.63) is 70.1 Å². The minimum atomic E-state index is -0.231. The van der Waals surface area contributed by atoms with Gasteiger partial charge < -0.3 is 14.8 Å². The quantitative estimate of drug-likeness (QED) is 0.280. The number of carbonyl (C=O) groups excluding carboxylic acids is 1. The summed E-state index contributed by atoms with van der Waals surface area (Å²) in [7, 11) is 3.16. The summed E-state index contributed by atoms with van der Waals surface area (Å²) in [4.78, 5) is 31.1. The molecule has 0 bridgehead atoms. The first-order chi connectivity index (χ1) is 16.9. The number of benzene rings is 2. The van der Waals surface area contributed by atoms with Gasteiger partial charge in [-0.2, -0.15) is 5.10 Å². The van der Waals surface area contributed by atoms with Crippen LogP contribution in [0.1, 0.15) is 18.2 Å². The number of carbonyl (C=O) groups is 1. The van der Waals surface area contributed by atoms with Gasteiger partial charge in [-0.3, -0.25) is 18.8 Å². The summed E-state index contributed by atoms with van der Waals surface area (Å²) in [6.45, 7) is 4.62. The highest BCUT2D eigenvalue weighted by atomic mass is 32.2. The maximum atomic E-state index is 13.6. The molecular weight excluding hydrogens is 466 g/mol. The fourth-order valence-electron chi connectivity index (χ4n) is 3.74. The lowest BCUT2D eigenvalue weighted by Crippen LogP contribution is -2.26. The Labute approximate surface area is 207 Å². The van der Waals surface area contributed by atoms with Gasteiger partial charge in [-0.15, -0.1) is 0 Å². The number of thioether (sulfide) groups is 1. The third-order valence-corrected chi connectivity index (χ3v) is 6.47. The Balaban J connectivity index is 1.66. The number of hydrogen-bond donors (Lipinski definition) is 1.